The second-order valence-corrected chi connectivity index (χ2v) is 3.64. The summed E-state index contributed by atoms with van der Waals surface area (Å²) in [4.78, 5) is 8.06. The second-order valence-electron chi connectivity index (χ2n) is 3.64. The first-order valence-corrected chi connectivity index (χ1v) is 5.69. The van der Waals surface area contributed by atoms with Crippen LogP contribution in [-0.2, 0) is 0 Å². The Hall–Kier alpha value is -2.92. The number of hydrogen-bond donors (Lipinski definition) is 0. The van der Waals surface area contributed by atoms with Crippen LogP contribution in [0.25, 0.3) is 11.3 Å². The van der Waals surface area contributed by atoms with Crippen LogP contribution in [-0.4, -0.2) is 16.6 Å². The van der Waals surface area contributed by atoms with E-state index in [9.17, 15) is 0 Å². The molecule has 19 heavy (non-hydrogen) atoms. The van der Waals surface area contributed by atoms with Gasteiger partial charge in [-0.3, -0.25) is 0 Å². The fourth-order valence-corrected chi connectivity index (χ4v) is 1.60. The zero-order chi connectivity index (χ0) is 13.7. The van der Waals surface area contributed by atoms with Crippen molar-refractivity contribution in [2.45, 2.75) is 6.92 Å². The third-order valence-corrected chi connectivity index (χ3v) is 2.43. The van der Waals surface area contributed by atoms with Crippen LogP contribution in [0.3, 0.4) is 0 Å². The fraction of sp³-hybridized carbons (Fsp3) is 0.143. The first-order valence-electron chi connectivity index (χ1n) is 5.69. The lowest BCUT2D eigenvalue weighted by Crippen LogP contribution is -1.96. The summed E-state index contributed by atoms with van der Waals surface area (Å²) in [7, 11) is 0. The van der Waals surface area contributed by atoms with E-state index in [0.717, 1.165) is 11.3 Å². The van der Waals surface area contributed by atoms with E-state index < -0.39 is 0 Å². The average molecular weight is 250 g/mol. The lowest BCUT2D eigenvalue weighted by Gasteiger charge is -2.05. The summed E-state index contributed by atoms with van der Waals surface area (Å²) in [6.45, 7) is 2.48. The summed E-state index contributed by atoms with van der Waals surface area (Å²) in [6.07, 6.45) is 1.48. The molecule has 0 unspecified atom stereocenters. The Morgan fingerprint density at radius 1 is 1.21 bits per heavy atom. The molecule has 92 valence electrons. The maximum atomic E-state index is 8.93. The number of hydrogen-bond acceptors (Lipinski definition) is 5. The molecule has 0 amide bonds. The van der Waals surface area contributed by atoms with Crippen molar-refractivity contribution in [3.05, 3.63) is 41.9 Å². The maximum Gasteiger partial charge on any atom is 0.177 e. The SMILES string of the molecule is CCOc1cccc(-c2cnc(C#N)c(C#N)n2)c1. The lowest BCUT2D eigenvalue weighted by atomic mass is 10.1. The normalized spacial score (nSPS) is 9.42. The van der Waals surface area contributed by atoms with Crippen molar-refractivity contribution >= 4 is 0 Å². The van der Waals surface area contributed by atoms with Gasteiger partial charge in [0.15, 0.2) is 11.4 Å². The molecule has 2 rings (SSSR count). The number of nitriles is 2. The molecule has 0 saturated carbocycles. The molecule has 0 N–H and O–H groups in total. The van der Waals surface area contributed by atoms with Crippen molar-refractivity contribution in [2.24, 2.45) is 0 Å². The highest BCUT2D eigenvalue weighted by Gasteiger charge is 2.08. The molecular formula is C14H10N4O. The number of rotatable bonds is 3. The molecule has 0 atom stereocenters. The Bertz CT molecular complexity index is 683. The van der Waals surface area contributed by atoms with E-state index in [-0.39, 0.29) is 11.4 Å². The third-order valence-electron chi connectivity index (χ3n) is 2.43. The van der Waals surface area contributed by atoms with Crippen molar-refractivity contribution in [3.8, 4) is 29.1 Å². The van der Waals surface area contributed by atoms with Gasteiger partial charge in [-0.2, -0.15) is 10.5 Å². The van der Waals surface area contributed by atoms with E-state index >= 15 is 0 Å². The molecule has 0 bridgehead atoms. The molecule has 0 radical (unpaired) electrons. The van der Waals surface area contributed by atoms with Crippen molar-refractivity contribution in [1.29, 1.82) is 10.5 Å². The van der Waals surface area contributed by atoms with Crippen LogP contribution >= 0.6 is 0 Å². The minimum Gasteiger partial charge on any atom is -0.494 e. The zero-order valence-corrected chi connectivity index (χ0v) is 10.3. The molecule has 5 nitrogen and oxygen atoms in total. The molecule has 2 aromatic rings. The summed E-state index contributed by atoms with van der Waals surface area (Å²) in [5.74, 6) is 0.727. The molecule has 1 aromatic heterocycles. The molecule has 1 aromatic carbocycles. The van der Waals surface area contributed by atoms with Gasteiger partial charge in [-0.25, -0.2) is 9.97 Å². The smallest absolute Gasteiger partial charge is 0.177 e. The van der Waals surface area contributed by atoms with Gasteiger partial charge in [0.1, 0.15) is 17.9 Å². The van der Waals surface area contributed by atoms with Crippen molar-refractivity contribution in [1.82, 2.24) is 9.97 Å². The number of aromatic nitrogens is 2. The predicted octanol–water partition coefficient (Wildman–Crippen LogP) is 2.29. The van der Waals surface area contributed by atoms with Crippen LogP contribution in [0.4, 0.5) is 0 Å². The van der Waals surface area contributed by atoms with Gasteiger partial charge in [-0.05, 0) is 19.1 Å². The van der Waals surface area contributed by atoms with E-state index in [1.54, 1.807) is 0 Å². The van der Waals surface area contributed by atoms with Crippen molar-refractivity contribution in [3.63, 3.8) is 0 Å². The fourth-order valence-electron chi connectivity index (χ4n) is 1.60. The molecule has 1 heterocycles. The van der Waals surface area contributed by atoms with E-state index in [1.165, 1.54) is 6.20 Å². The molecule has 0 aliphatic carbocycles. The lowest BCUT2D eigenvalue weighted by molar-refractivity contribution is 0.340. The first kappa shape index (κ1) is 12.5. The van der Waals surface area contributed by atoms with E-state index in [0.29, 0.717) is 12.3 Å². The summed E-state index contributed by atoms with van der Waals surface area (Å²) in [6, 6.07) is 11.1. The van der Waals surface area contributed by atoms with E-state index in [1.807, 2.05) is 43.3 Å². The van der Waals surface area contributed by atoms with Gasteiger partial charge in [0.25, 0.3) is 0 Å². The van der Waals surface area contributed by atoms with Crippen molar-refractivity contribution in [2.75, 3.05) is 6.61 Å². The molecule has 0 fully saturated rings. The first-order chi connectivity index (χ1) is 9.28. The highest BCUT2D eigenvalue weighted by atomic mass is 16.5. The quantitative estimate of drug-likeness (QED) is 0.834. The second kappa shape index (κ2) is 5.61. The third kappa shape index (κ3) is 2.67. The van der Waals surface area contributed by atoms with Gasteiger partial charge < -0.3 is 4.74 Å². The molecule has 0 spiro atoms. The van der Waals surface area contributed by atoms with Crippen LogP contribution in [0.1, 0.15) is 18.3 Å². The van der Waals surface area contributed by atoms with Gasteiger partial charge in [0.05, 0.1) is 18.5 Å². The highest BCUT2D eigenvalue weighted by Crippen LogP contribution is 2.22. The maximum absolute atomic E-state index is 8.93. The largest absolute Gasteiger partial charge is 0.494 e. The van der Waals surface area contributed by atoms with Gasteiger partial charge in [0.2, 0.25) is 0 Å². The van der Waals surface area contributed by atoms with Crippen LogP contribution in [0.5, 0.6) is 5.75 Å². The number of benzene rings is 1. The standard InChI is InChI=1S/C14H10N4O/c1-2-19-11-5-3-4-10(6-11)14-9-17-12(7-15)13(8-16)18-14/h3-6,9H,2H2,1H3. The molecular weight excluding hydrogens is 240 g/mol. The topological polar surface area (TPSA) is 82.6 Å². The molecule has 0 saturated heterocycles. The van der Waals surface area contributed by atoms with Gasteiger partial charge in [-0.15, -0.1) is 0 Å². The number of ether oxygens (including phenoxy) is 1. The highest BCUT2D eigenvalue weighted by molar-refractivity contribution is 5.61. The molecule has 5 heteroatoms. The van der Waals surface area contributed by atoms with Crippen LogP contribution in [0.2, 0.25) is 0 Å². The Kier molecular flexibility index (Phi) is 3.70. The summed E-state index contributed by atoms with van der Waals surface area (Å²) in [5, 5.41) is 17.7. The van der Waals surface area contributed by atoms with Gasteiger partial charge in [0, 0.05) is 5.56 Å². The Labute approximate surface area is 110 Å². The van der Waals surface area contributed by atoms with Crippen LogP contribution < -0.4 is 4.74 Å². The Balaban J connectivity index is 2.45. The van der Waals surface area contributed by atoms with Crippen molar-refractivity contribution < 1.29 is 4.74 Å². The minimum atomic E-state index is 0.0295. The summed E-state index contributed by atoms with van der Waals surface area (Å²) in [5.41, 5.74) is 1.39. The zero-order valence-electron chi connectivity index (χ0n) is 10.3. The van der Waals surface area contributed by atoms with Crippen LogP contribution in [0, 0.1) is 22.7 Å². The Morgan fingerprint density at radius 3 is 2.68 bits per heavy atom. The molecule has 0 aliphatic heterocycles. The monoisotopic (exact) mass is 250 g/mol. The molecule has 0 aliphatic rings. The average Bonchev–Trinajstić information content (AvgIpc) is 2.47. The Morgan fingerprint density at radius 2 is 2.00 bits per heavy atom. The number of nitrogens with zero attached hydrogens (tertiary/aromatic N) is 4. The van der Waals surface area contributed by atoms with E-state index in [2.05, 4.69) is 9.97 Å². The summed E-state index contributed by atoms with van der Waals surface area (Å²) >= 11 is 0. The van der Waals surface area contributed by atoms with Crippen LogP contribution in [0.15, 0.2) is 30.5 Å². The van der Waals surface area contributed by atoms with E-state index in [4.69, 9.17) is 15.3 Å². The predicted molar refractivity (Wildman–Crippen MR) is 68.1 cm³/mol. The van der Waals surface area contributed by atoms with Gasteiger partial charge in [-0.1, -0.05) is 12.1 Å². The summed E-state index contributed by atoms with van der Waals surface area (Å²) < 4.78 is 5.40. The van der Waals surface area contributed by atoms with Gasteiger partial charge >= 0.3 is 0 Å². The minimum absolute atomic E-state index is 0.0295.